The van der Waals surface area contributed by atoms with E-state index in [2.05, 4.69) is 15.4 Å². The van der Waals surface area contributed by atoms with E-state index < -0.39 is 0 Å². The average Bonchev–Trinajstić information content (AvgIpc) is 2.74. The zero-order valence-corrected chi connectivity index (χ0v) is 11.0. The van der Waals surface area contributed by atoms with E-state index >= 15 is 0 Å². The fourth-order valence-corrected chi connectivity index (χ4v) is 1.91. The van der Waals surface area contributed by atoms with Gasteiger partial charge in [0, 0.05) is 31.1 Å². The summed E-state index contributed by atoms with van der Waals surface area (Å²) in [6.07, 6.45) is 3.35. The van der Waals surface area contributed by atoms with Crippen LogP contribution in [0.1, 0.15) is 16.8 Å². The van der Waals surface area contributed by atoms with Gasteiger partial charge in [-0.05, 0) is 13.8 Å². The van der Waals surface area contributed by atoms with E-state index in [9.17, 15) is 10.1 Å². The second kappa shape index (κ2) is 5.05. The smallest absolute Gasteiger partial charge is 0.278 e. The van der Waals surface area contributed by atoms with Gasteiger partial charge in [-0.15, -0.1) is 0 Å². The highest BCUT2D eigenvalue weighted by molar-refractivity contribution is 5.48. The summed E-state index contributed by atoms with van der Waals surface area (Å²) in [5, 5.41) is 18.3. The summed E-state index contributed by atoms with van der Waals surface area (Å²) in [6, 6.07) is 1.83. The third kappa shape index (κ3) is 2.70. The average molecular weight is 261 g/mol. The minimum absolute atomic E-state index is 0.132. The van der Waals surface area contributed by atoms with Gasteiger partial charge in [0.1, 0.15) is 5.82 Å². The van der Waals surface area contributed by atoms with Gasteiger partial charge < -0.3 is 5.32 Å². The number of aryl methyl sites for hydroxylation is 2. The van der Waals surface area contributed by atoms with Crippen LogP contribution < -0.4 is 5.32 Å². The Morgan fingerprint density at radius 3 is 2.79 bits per heavy atom. The maximum Gasteiger partial charge on any atom is 0.278 e. The minimum atomic E-state index is -0.364. The van der Waals surface area contributed by atoms with Gasteiger partial charge >= 0.3 is 0 Å². The van der Waals surface area contributed by atoms with E-state index in [0.29, 0.717) is 29.2 Å². The molecule has 0 saturated carbocycles. The molecule has 0 atom stereocenters. The van der Waals surface area contributed by atoms with Crippen LogP contribution in [0, 0.1) is 24.0 Å². The molecule has 0 bridgehead atoms. The third-order valence-electron chi connectivity index (χ3n) is 2.91. The number of nitrogens with one attached hydrogen (secondary N) is 1. The van der Waals surface area contributed by atoms with Crippen molar-refractivity contribution < 1.29 is 4.92 Å². The summed E-state index contributed by atoms with van der Waals surface area (Å²) in [6.45, 7) is 3.81. The maximum atomic E-state index is 11.0. The number of anilines is 1. The molecule has 0 amide bonds. The van der Waals surface area contributed by atoms with E-state index in [1.165, 1.54) is 6.20 Å². The minimum Gasteiger partial charge on any atom is -0.363 e. The molecule has 100 valence electrons. The fraction of sp³-hybridized carbons (Fsp3) is 0.333. The van der Waals surface area contributed by atoms with Crippen molar-refractivity contribution in [2.24, 2.45) is 7.05 Å². The lowest BCUT2D eigenvalue weighted by molar-refractivity contribution is -0.386. The maximum absolute atomic E-state index is 11.0. The standard InChI is InChI=1S/C12H15N5O2/c1-8-6-13-10(9(2)12(8)17(18)19)7-14-11-4-5-16(3)15-11/h4-6H,7H2,1-3H3,(H,14,15). The Morgan fingerprint density at radius 1 is 1.47 bits per heavy atom. The second-order valence-electron chi connectivity index (χ2n) is 4.35. The Labute approximate surface area is 110 Å². The summed E-state index contributed by atoms with van der Waals surface area (Å²) in [5.74, 6) is 0.715. The molecule has 2 heterocycles. The molecule has 0 aliphatic heterocycles. The van der Waals surface area contributed by atoms with Crippen LogP contribution in [0.15, 0.2) is 18.5 Å². The zero-order valence-electron chi connectivity index (χ0n) is 11.0. The van der Waals surface area contributed by atoms with Crippen molar-refractivity contribution in [1.29, 1.82) is 0 Å². The first-order valence-corrected chi connectivity index (χ1v) is 5.82. The number of rotatable bonds is 4. The van der Waals surface area contributed by atoms with Crippen molar-refractivity contribution in [2.45, 2.75) is 20.4 Å². The molecule has 0 saturated heterocycles. The van der Waals surface area contributed by atoms with Gasteiger partial charge in [0.25, 0.3) is 5.69 Å². The number of nitro groups is 1. The second-order valence-corrected chi connectivity index (χ2v) is 4.35. The Bertz CT molecular complexity index is 621. The molecule has 0 aliphatic rings. The van der Waals surface area contributed by atoms with Gasteiger partial charge in [0.15, 0.2) is 0 Å². The van der Waals surface area contributed by atoms with Crippen molar-refractivity contribution in [3.63, 3.8) is 0 Å². The van der Waals surface area contributed by atoms with Gasteiger partial charge in [-0.25, -0.2) is 0 Å². The van der Waals surface area contributed by atoms with Crippen LogP contribution in [0.4, 0.5) is 11.5 Å². The number of hydrogen-bond acceptors (Lipinski definition) is 5. The monoisotopic (exact) mass is 261 g/mol. The zero-order chi connectivity index (χ0) is 14.0. The molecule has 0 unspecified atom stereocenters. The van der Waals surface area contributed by atoms with Gasteiger partial charge in [-0.2, -0.15) is 5.10 Å². The highest BCUT2D eigenvalue weighted by Gasteiger charge is 2.18. The van der Waals surface area contributed by atoms with Crippen LogP contribution in [-0.2, 0) is 13.6 Å². The summed E-state index contributed by atoms with van der Waals surface area (Å²) in [7, 11) is 1.82. The highest BCUT2D eigenvalue weighted by Crippen LogP contribution is 2.24. The Kier molecular flexibility index (Phi) is 3.46. The molecule has 0 radical (unpaired) electrons. The molecule has 2 aromatic rings. The van der Waals surface area contributed by atoms with Crippen molar-refractivity contribution in [3.05, 3.63) is 45.4 Å². The lowest BCUT2D eigenvalue weighted by atomic mass is 10.1. The Morgan fingerprint density at radius 2 is 2.21 bits per heavy atom. The van der Waals surface area contributed by atoms with Gasteiger partial charge in [0.2, 0.25) is 0 Å². The molecule has 0 spiro atoms. The fourth-order valence-electron chi connectivity index (χ4n) is 1.91. The first-order valence-electron chi connectivity index (χ1n) is 5.82. The first-order chi connectivity index (χ1) is 8.99. The summed E-state index contributed by atoms with van der Waals surface area (Å²) in [4.78, 5) is 14.9. The van der Waals surface area contributed by atoms with Crippen molar-refractivity contribution in [2.75, 3.05) is 5.32 Å². The highest BCUT2D eigenvalue weighted by atomic mass is 16.6. The summed E-state index contributed by atoms with van der Waals surface area (Å²) < 4.78 is 1.68. The molecular formula is C12H15N5O2. The van der Waals surface area contributed by atoms with E-state index in [0.717, 1.165) is 0 Å². The molecule has 0 aromatic carbocycles. The van der Waals surface area contributed by atoms with E-state index in [1.54, 1.807) is 18.5 Å². The molecule has 7 nitrogen and oxygen atoms in total. The summed E-state index contributed by atoms with van der Waals surface area (Å²) >= 11 is 0. The predicted octanol–water partition coefficient (Wildman–Crippen LogP) is 1.95. The topological polar surface area (TPSA) is 85.9 Å². The summed E-state index contributed by atoms with van der Waals surface area (Å²) in [5.41, 5.74) is 1.95. The number of nitrogens with zero attached hydrogens (tertiary/aromatic N) is 4. The van der Waals surface area contributed by atoms with E-state index in [-0.39, 0.29) is 10.6 Å². The largest absolute Gasteiger partial charge is 0.363 e. The van der Waals surface area contributed by atoms with Crippen LogP contribution in [0.2, 0.25) is 0 Å². The van der Waals surface area contributed by atoms with E-state index in [1.807, 2.05) is 19.3 Å². The molecule has 0 fully saturated rings. The van der Waals surface area contributed by atoms with Crippen LogP contribution in [-0.4, -0.2) is 19.7 Å². The first kappa shape index (κ1) is 13.0. The number of hydrogen-bond donors (Lipinski definition) is 1. The molecule has 2 rings (SSSR count). The lowest BCUT2D eigenvalue weighted by Gasteiger charge is -2.08. The van der Waals surface area contributed by atoms with Crippen molar-refractivity contribution in [3.8, 4) is 0 Å². The molecule has 0 aliphatic carbocycles. The molecule has 19 heavy (non-hydrogen) atoms. The Hall–Kier alpha value is -2.44. The van der Waals surface area contributed by atoms with Crippen LogP contribution in [0.25, 0.3) is 0 Å². The van der Waals surface area contributed by atoms with Crippen LogP contribution in [0.3, 0.4) is 0 Å². The number of aromatic nitrogens is 3. The molecule has 7 heteroatoms. The van der Waals surface area contributed by atoms with Gasteiger partial charge in [-0.3, -0.25) is 19.8 Å². The molecule has 2 aromatic heterocycles. The predicted molar refractivity (Wildman–Crippen MR) is 70.9 cm³/mol. The Balaban J connectivity index is 2.21. The van der Waals surface area contributed by atoms with Crippen molar-refractivity contribution in [1.82, 2.24) is 14.8 Å². The van der Waals surface area contributed by atoms with Crippen LogP contribution in [0.5, 0.6) is 0 Å². The van der Waals surface area contributed by atoms with Crippen LogP contribution >= 0.6 is 0 Å². The van der Waals surface area contributed by atoms with Gasteiger partial charge in [0.05, 0.1) is 22.7 Å². The molecule has 1 N–H and O–H groups in total. The molecular weight excluding hydrogens is 246 g/mol. The quantitative estimate of drug-likeness (QED) is 0.671. The third-order valence-corrected chi connectivity index (χ3v) is 2.91. The van der Waals surface area contributed by atoms with E-state index in [4.69, 9.17) is 0 Å². The normalized spacial score (nSPS) is 10.5. The van der Waals surface area contributed by atoms with Gasteiger partial charge in [-0.1, -0.05) is 0 Å². The van der Waals surface area contributed by atoms with Crippen molar-refractivity contribution >= 4 is 11.5 Å². The number of pyridine rings is 1. The SMILES string of the molecule is Cc1cnc(CNc2ccn(C)n2)c(C)c1[N+](=O)[O-]. The lowest BCUT2D eigenvalue weighted by Crippen LogP contribution is -2.07.